The summed E-state index contributed by atoms with van der Waals surface area (Å²) in [5.41, 5.74) is 11.0. The molecule has 2 heteroatoms. The van der Waals surface area contributed by atoms with E-state index in [1.807, 2.05) is 12.4 Å². The first kappa shape index (κ1) is 26.0. The highest BCUT2D eigenvalue weighted by Crippen LogP contribution is 2.44. The minimum Gasteiger partial charge on any atom is -0.386 e. The first-order chi connectivity index (χ1) is 20.5. The van der Waals surface area contributed by atoms with Crippen LogP contribution in [-0.4, -0.2) is 11.5 Å². The number of rotatable bonds is 4. The highest BCUT2D eigenvalue weighted by atomic mass is 14.8. The van der Waals surface area contributed by atoms with E-state index in [0.717, 1.165) is 17.7 Å². The number of allylic oxidation sites excluding steroid dienone is 2. The van der Waals surface area contributed by atoms with E-state index in [-0.39, 0.29) is 5.41 Å². The minimum atomic E-state index is 0.0241. The zero-order chi connectivity index (χ0) is 28.7. The summed E-state index contributed by atoms with van der Waals surface area (Å²) in [7, 11) is 0. The summed E-state index contributed by atoms with van der Waals surface area (Å²) in [6, 6.07) is 39.4. The monoisotopic (exact) mass is 542 g/mol. The third-order valence-electron chi connectivity index (χ3n) is 8.34. The van der Waals surface area contributed by atoms with Crippen LogP contribution in [0.5, 0.6) is 0 Å². The SMILES string of the molecule is CC(C)(C)c1ccc2c(-c3cncc(-c4ccccc4)c3)c3ccccc3c(C3=CNCC(c4ccccc4)=C3)c2c1. The van der Waals surface area contributed by atoms with Crippen molar-refractivity contribution < 1.29 is 0 Å². The first-order valence-corrected chi connectivity index (χ1v) is 14.7. The van der Waals surface area contributed by atoms with Gasteiger partial charge in [-0.15, -0.1) is 0 Å². The molecule has 2 nitrogen and oxygen atoms in total. The number of aromatic nitrogens is 1. The molecule has 0 saturated carbocycles. The fourth-order valence-corrected chi connectivity index (χ4v) is 6.17. The van der Waals surface area contributed by atoms with Gasteiger partial charge in [-0.2, -0.15) is 0 Å². The molecule has 1 aliphatic rings. The van der Waals surface area contributed by atoms with Crippen molar-refractivity contribution in [1.82, 2.24) is 10.3 Å². The van der Waals surface area contributed by atoms with E-state index in [1.165, 1.54) is 60.5 Å². The molecule has 42 heavy (non-hydrogen) atoms. The van der Waals surface area contributed by atoms with Crippen LogP contribution in [0, 0.1) is 0 Å². The predicted octanol–water partition coefficient (Wildman–Crippen LogP) is 10.0. The van der Waals surface area contributed by atoms with E-state index >= 15 is 0 Å². The topological polar surface area (TPSA) is 24.9 Å². The third kappa shape index (κ3) is 4.69. The van der Waals surface area contributed by atoms with Crippen molar-refractivity contribution in [2.24, 2.45) is 0 Å². The second kappa shape index (κ2) is 10.5. The molecule has 0 radical (unpaired) electrons. The molecule has 1 aliphatic heterocycles. The molecule has 0 spiro atoms. The number of nitrogens with one attached hydrogen (secondary N) is 1. The quantitative estimate of drug-likeness (QED) is 0.224. The van der Waals surface area contributed by atoms with Crippen LogP contribution in [-0.2, 0) is 5.41 Å². The van der Waals surface area contributed by atoms with Gasteiger partial charge in [0, 0.05) is 36.3 Å². The standard InChI is InChI=1S/C40H34N2/c1-40(2,3)33-18-19-36-37(22-33)39(32-21-30(24-42-26-32)28-14-8-5-9-15-28)35-17-11-10-16-34(35)38(36)31-20-29(23-41-25-31)27-12-6-4-7-13-27/h4-23,25-26,42H,24H2,1-3H3. The van der Waals surface area contributed by atoms with Crippen LogP contribution in [0.3, 0.4) is 0 Å². The number of hydrogen-bond acceptors (Lipinski definition) is 2. The van der Waals surface area contributed by atoms with Crippen LogP contribution < -0.4 is 5.32 Å². The average Bonchev–Trinajstić information content (AvgIpc) is 3.04. The number of dihydropyridines is 1. The lowest BCUT2D eigenvalue weighted by atomic mass is 9.81. The van der Waals surface area contributed by atoms with E-state index in [0.29, 0.717) is 0 Å². The average molecular weight is 543 g/mol. The molecule has 204 valence electrons. The molecule has 0 fully saturated rings. The summed E-state index contributed by atoms with van der Waals surface area (Å²) in [4.78, 5) is 4.73. The zero-order valence-electron chi connectivity index (χ0n) is 24.4. The van der Waals surface area contributed by atoms with Gasteiger partial charge in [-0.05, 0) is 84.1 Å². The van der Waals surface area contributed by atoms with E-state index in [4.69, 9.17) is 4.98 Å². The van der Waals surface area contributed by atoms with Crippen molar-refractivity contribution in [3.05, 3.63) is 151 Å². The summed E-state index contributed by atoms with van der Waals surface area (Å²) in [6.07, 6.45) is 8.53. The molecule has 1 N–H and O–H groups in total. The maximum atomic E-state index is 4.73. The van der Waals surface area contributed by atoms with Gasteiger partial charge < -0.3 is 5.32 Å². The van der Waals surface area contributed by atoms with Crippen molar-refractivity contribution in [1.29, 1.82) is 0 Å². The van der Waals surface area contributed by atoms with Crippen LogP contribution in [0.2, 0.25) is 0 Å². The second-order valence-corrected chi connectivity index (χ2v) is 12.2. The number of pyridine rings is 1. The van der Waals surface area contributed by atoms with E-state index in [1.54, 1.807) is 0 Å². The normalized spacial score (nSPS) is 13.5. The van der Waals surface area contributed by atoms with Gasteiger partial charge >= 0.3 is 0 Å². The van der Waals surface area contributed by atoms with Gasteiger partial charge in [-0.3, -0.25) is 4.98 Å². The number of benzene rings is 5. The van der Waals surface area contributed by atoms with E-state index < -0.39 is 0 Å². The van der Waals surface area contributed by atoms with Gasteiger partial charge in [-0.25, -0.2) is 0 Å². The van der Waals surface area contributed by atoms with Gasteiger partial charge in [0.15, 0.2) is 0 Å². The van der Waals surface area contributed by atoms with Gasteiger partial charge in [0.1, 0.15) is 0 Å². The maximum absolute atomic E-state index is 4.73. The first-order valence-electron chi connectivity index (χ1n) is 14.7. The fraction of sp³-hybridized carbons (Fsp3) is 0.125. The number of hydrogen-bond donors (Lipinski definition) is 1. The lowest BCUT2D eigenvalue weighted by Gasteiger charge is -2.24. The summed E-state index contributed by atoms with van der Waals surface area (Å²) >= 11 is 0. The van der Waals surface area contributed by atoms with Crippen molar-refractivity contribution in [2.75, 3.05) is 6.54 Å². The second-order valence-electron chi connectivity index (χ2n) is 12.2. The Balaban J connectivity index is 1.54. The highest BCUT2D eigenvalue weighted by Gasteiger charge is 2.22. The van der Waals surface area contributed by atoms with Gasteiger partial charge in [0.2, 0.25) is 0 Å². The van der Waals surface area contributed by atoms with Gasteiger partial charge in [0.25, 0.3) is 0 Å². The van der Waals surface area contributed by atoms with Crippen molar-refractivity contribution >= 4 is 32.7 Å². The van der Waals surface area contributed by atoms with Crippen LogP contribution in [0.1, 0.15) is 37.5 Å². The van der Waals surface area contributed by atoms with Gasteiger partial charge in [0.05, 0.1) is 0 Å². The Bertz CT molecular complexity index is 1990. The number of fused-ring (bicyclic) bond motifs is 2. The molecule has 0 saturated heterocycles. The lowest BCUT2D eigenvalue weighted by molar-refractivity contribution is 0.591. The lowest BCUT2D eigenvalue weighted by Crippen LogP contribution is -2.14. The smallest absolute Gasteiger partial charge is 0.0401 e. The predicted molar refractivity (Wildman–Crippen MR) is 179 cm³/mol. The molecule has 0 aliphatic carbocycles. The van der Waals surface area contributed by atoms with Crippen LogP contribution in [0.15, 0.2) is 134 Å². The molecule has 1 aromatic heterocycles. The van der Waals surface area contributed by atoms with E-state index in [9.17, 15) is 0 Å². The molecule has 0 unspecified atom stereocenters. The molecule has 7 rings (SSSR count). The summed E-state index contributed by atoms with van der Waals surface area (Å²) in [6.45, 7) is 7.68. The van der Waals surface area contributed by atoms with Crippen molar-refractivity contribution in [3.63, 3.8) is 0 Å². The Hall–Kier alpha value is -4.95. The molecule has 0 atom stereocenters. The Morgan fingerprint density at radius 1 is 0.571 bits per heavy atom. The Morgan fingerprint density at radius 2 is 1.19 bits per heavy atom. The molecule has 5 aromatic carbocycles. The molecule has 0 amide bonds. The van der Waals surface area contributed by atoms with E-state index in [2.05, 4.69) is 148 Å². The Labute approximate surface area is 248 Å². The molecule has 6 aromatic rings. The molecule has 2 heterocycles. The maximum Gasteiger partial charge on any atom is 0.0401 e. The summed E-state index contributed by atoms with van der Waals surface area (Å²) in [5.74, 6) is 0. The number of nitrogens with zero attached hydrogens (tertiary/aromatic N) is 1. The van der Waals surface area contributed by atoms with Crippen LogP contribution >= 0.6 is 0 Å². The summed E-state index contributed by atoms with van der Waals surface area (Å²) in [5, 5.41) is 8.57. The van der Waals surface area contributed by atoms with Crippen LogP contribution in [0.4, 0.5) is 0 Å². The summed E-state index contributed by atoms with van der Waals surface area (Å²) < 4.78 is 0. The van der Waals surface area contributed by atoms with Crippen molar-refractivity contribution in [3.8, 4) is 22.3 Å². The van der Waals surface area contributed by atoms with Crippen molar-refractivity contribution in [2.45, 2.75) is 26.2 Å². The largest absolute Gasteiger partial charge is 0.386 e. The molecular weight excluding hydrogens is 508 g/mol. The molecule has 0 bridgehead atoms. The Kier molecular flexibility index (Phi) is 6.47. The van der Waals surface area contributed by atoms with Crippen LogP contribution in [0.25, 0.3) is 54.9 Å². The molecular formula is C40H34N2. The minimum absolute atomic E-state index is 0.0241. The Morgan fingerprint density at radius 3 is 1.90 bits per heavy atom. The fourth-order valence-electron chi connectivity index (χ4n) is 6.17. The highest BCUT2D eigenvalue weighted by molar-refractivity contribution is 6.20. The van der Waals surface area contributed by atoms with Gasteiger partial charge in [-0.1, -0.05) is 118 Å². The third-order valence-corrected chi connectivity index (χ3v) is 8.34. The zero-order valence-corrected chi connectivity index (χ0v) is 24.4.